The molecule has 0 spiro atoms. The SMILES string of the molecule is [B].[Cs].[In].[In]. The van der Waals surface area contributed by atoms with Crippen molar-refractivity contribution in [3.05, 3.63) is 0 Å². The fourth-order valence-electron chi connectivity index (χ4n) is 0. The zero-order chi connectivity index (χ0) is 0. The van der Waals surface area contributed by atoms with Gasteiger partial charge in [-0.15, -0.1) is 0 Å². The van der Waals surface area contributed by atoms with E-state index in [1.54, 1.807) is 0 Å². The number of hydrogen-bond acceptors (Lipinski definition) is 0. The van der Waals surface area contributed by atoms with Crippen LogP contribution in [-0.2, 0) is 0 Å². The van der Waals surface area contributed by atoms with Gasteiger partial charge in [0.15, 0.2) is 0 Å². The summed E-state index contributed by atoms with van der Waals surface area (Å²) in [4.78, 5) is 0. The molecule has 0 heterocycles. The second kappa shape index (κ2) is 15.8. The van der Waals surface area contributed by atoms with Gasteiger partial charge in [-0.05, 0) is 0 Å². The summed E-state index contributed by atoms with van der Waals surface area (Å²) in [6.45, 7) is 0. The van der Waals surface area contributed by atoms with Crippen molar-refractivity contribution in [2.75, 3.05) is 0 Å². The van der Waals surface area contributed by atoms with E-state index in [4.69, 9.17) is 0 Å². The van der Waals surface area contributed by atoms with E-state index in [9.17, 15) is 0 Å². The summed E-state index contributed by atoms with van der Waals surface area (Å²) < 4.78 is 0. The molecule has 0 aliphatic carbocycles. The Hall–Kier alpha value is 3.86. The standard InChI is InChI=1S/B.Cs.2In. The molecule has 0 atom stereocenters. The molecular formula is BCsIn2. The predicted octanol–water partition coefficient (Wildman–Crippen LogP) is -1.52. The van der Waals surface area contributed by atoms with E-state index in [1.807, 2.05) is 0 Å². The van der Waals surface area contributed by atoms with Gasteiger partial charge in [0.2, 0.25) is 0 Å². The Morgan fingerprint density at radius 3 is 0.750 bits per heavy atom. The van der Waals surface area contributed by atoms with Crippen molar-refractivity contribution in [2.24, 2.45) is 0 Å². The van der Waals surface area contributed by atoms with Crippen LogP contribution in [-0.4, -0.2) is 129 Å². The maximum absolute atomic E-state index is 0. The van der Waals surface area contributed by atoms with Crippen molar-refractivity contribution in [3.8, 4) is 0 Å². The minimum Gasteiger partial charge on any atom is 0 e. The Morgan fingerprint density at radius 1 is 0.750 bits per heavy atom. The predicted molar refractivity (Wildman–Crippen MR) is 23.0 cm³/mol. The average molecular weight is 373 g/mol. The van der Waals surface area contributed by atoms with Gasteiger partial charge >= 0.3 is 0 Å². The third-order valence-corrected chi connectivity index (χ3v) is 0. The first-order valence-corrected chi connectivity index (χ1v) is 0. The van der Waals surface area contributed by atoms with Gasteiger partial charge in [0.1, 0.15) is 0 Å². The molecule has 0 amide bonds. The van der Waals surface area contributed by atoms with Crippen LogP contribution in [0, 0.1) is 0 Å². The molecule has 0 unspecified atom stereocenters. The Bertz CT molecular complexity index is 6.00. The Morgan fingerprint density at radius 2 is 0.750 bits per heavy atom. The molecule has 10 radical (unpaired) electrons. The summed E-state index contributed by atoms with van der Waals surface area (Å²) in [6.07, 6.45) is 0. The van der Waals surface area contributed by atoms with Crippen molar-refractivity contribution >= 4 is 129 Å². The second-order valence-electron chi connectivity index (χ2n) is 0. The monoisotopic (exact) mass is 374 g/mol. The maximum atomic E-state index is 0. The molecule has 0 rings (SSSR count). The van der Waals surface area contributed by atoms with E-state index in [2.05, 4.69) is 0 Å². The molecule has 4 heteroatoms. The van der Waals surface area contributed by atoms with Gasteiger partial charge in [-0.1, -0.05) is 0 Å². The largest absolute Gasteiger partial charge is 0 e. The van der Waals surface area contributed by atoms with E-state index in [-0.39, 0.29) is 129 Å². The summed E-state index contributed by atoms with van der Waals surface area (Å²) in [7, 11) is 0. The van der Waals surface area contributed by atoms with E-state index < -0.39 is 0 Å². The van der Waals surface area contributed by atoms with Gasteiger partial charge < -0.3 is 0 Å². The van der Waals surface area contributed by atoms with Crippen LogP contribution in [0.5, 0.6) is 0 Å². The molecule has 0 fully saturated rings. The van der Waals surface area contributed by atoms with E-state index in [1.165, 1.54) is 0 Å². The van der Waals surface area contributed by atoms with Crippen LogP contribution in [0.25, 0.3) is 0 Å². The van der Waals surface area contributed by atoms with Crippen LogP contribution in [0.2, 0.25) is 0 Å². The summed E-state index contributed by atoms with van der Waals surface area (Å²) in [5.41, 5.74) is 0. The topological polar surface area (TPSA) is 0 Å². The molecule has 0 aromatic rings. The normalized spacial score (nSPS) is 0. The third kappa shape index (κ3) is 9.29. The Balaban J connectivity index is 0. The quantitative estimate of drug-likeness (QED) is 0.453. The van der Waals surface area contributed by atoms with E-state index in [0.29, 0.717) is 0 Å². The van der Waals surface area contributed by atoms with Crippen LogP contribution in [0.3, 0.4) is 0 Å². The van der Waals surface area contributed by atoms with Crippen molar-refractivity contribution in [1.29, 1.82) is 0 Å². The molecule has 0 N–H and O–H groups in total. The van der Waals surface area contributed by atoms with Crippen LogP contribution in [0.4, 0.5) is 0 Å². The molecule has 0 saturated carbocycles. The van der Waals surface area contributed by atoms with Gasteiger partial charge in [-0.2, -0.15) is 0 Å². The van der Waals surface area contributed by atoms with Crippen LogP contribution in [0.1, 0.15) is 0 Å². The fraction of sp³-hybridized carbons (Fsp3) is 0. The molecule has 4 heavy (non-hydrogen) atoms. The molecule has 0 nitrogen and oxygen atoms in total. The van der Waals surface area contributed by atoms with Crippen molar-refractivity contribution in [3.63, 3.8) is 0 Å². The summed E-state index contributed by atoms with van der Waals surface area (Å²) >= 11 is 0. The van der Waals surface area contributed by atoms with Crippen LogP contribution < -0.4 is 0 Å². The van der Waals surface area contributed by atoms with E-state index in [0.717, 1.165) is 0 Å². The summed E-state index contributed by atoms with van der Waals surface area (Å²) in [6, 6.07) is 0. The minimum atomic E-state index is 0. The van der Waals surface area contributed by atoms with E-state index >= 15 is 0 Å². The van der Waals surface area contributed by atoms with Gasteiger partial charge in [-0.25, -0.2) is 0 Å². The second-order valence-corrected chi connectivity index (χ2v) is 0. The van der Waals surface area contributed by atoms with Gasteiger partial charge in [0.25, 0.3) is 0 Å². The minimum absolute atomic E-state index is 0. The zero-order valence-electron chi connectivity index (χ0n) is 2.73. The summed E-state index contributed by atoms with van der Waals surface area (Å²) in [5.74, 6) is 0. The molecule has 0 saturated heterocycles. The first-order valence-electron chi connectivity index (χ1n) is 0. The number of rotatable bonds is 0. The fourth-order valence-corrected chi connectivity index (χ4v) is 0. The van der Waals surface area contributed by atoms with Crippen LogP contribution >= 0.6 is 0 Å². The smallest absolute Gasteiger partial charge is 0 e. The average Bonchev–Trinajstić information content (AvgIpc) is 0. The Labute approximate surface area is 125 Å². The molecule has 0 aromatic carbocycles. The maximum Gasteiger partial charge on any atom is 0 e. The first kappa shape index (κ1) is 24.8. The molecule has 10 valence electrons. The molecule has 0 bridgehead atoms. The molecular weight excluding hydrogens is 373 g/mol. The molecule has 0 aliphatic heterocycles. The van der Waals surface area contributed by atoms with Crippen molar-refractivity contribution in [2.45, 2.75) is 0 Å². The molecule has 0 aliphatic rings. The van der Waals surface area contributed by atoms with Crippen molar-refractivity contribution < 1.29 is 0 Å². The van der Waals surface area contributed by atoms with Gasteiger partial charge in [0, 0.05) is 129 Å². The van der Waals surface area contributed by atoms with Crippen molar-refractivity contribution in [1.82, 2.24) is 0 Å². The van der Waals surface area contributed by atoms with Gasteiger partial charge in [0.05, 0.1) is 0 Å². The third-order valence-electron chi connectivity index (χ3n) is 0. The zero-order valence-corrected chi connectivity index (χ0v) is 15.6. The Kier molecular flexibility index (Phi) is 98.2. The summed E-state index contributed by atoms with van der Waals surface area (Å²) in [5, 5.41) is 0. The molecule has 0 aromatic heterocycles. The first-order chi connectivity index (χ1) is 0. The number of hydrogen-bond donors (Lipinski definition) is 0. The van der Waals surface area contributed by atoms with Crippen LogP contribution in [0.15, 0.2) is 0 Å². The van der Waals surface area contributed by atoms with Gasteiger partial charge in [-0.3, -0.25) is 0 Å².